The second-order valence-electron chi connectivity index (χ2n) is 13.4. The van der Waals surface area contributed by atoms with Crippen LogP contribution in [0.1, 0.15) is 169 Å². The average molecular weight is 695 g/mol. The first kappa shape index (κ1) is 42.1. The maximum atomic E-state index is 14.0. The quantitative estimate of drug-likeness (QED) is 0.0392. The van der Waals surface area contributed by atoms with Crippen molar-refractivity contribution in [3.63, 3.8) is 0 Å². The lowest BCUT2D eigenvalue weighted by atomic mass is 9.76. The summed E-state index contributed by atoms with van der Waals surface area (Å²) in [7, 11) is 0. The van der Waals surface area contributed by atoms with Crippen molar-refractivity contribution >= 4 is 23.6 Å². The number of phenolic OH excluding ortho intramolecular Hbond substituents is 2. The minimum atomic E-state index is -1.60. The van der Waals surface area contributed by atoms with E-state index in [2.05, 4.69) is 35.6 Å². The predicted molar refractivity (Wildman–Crippen MR) is 198 cm³/mol. The van der Waals surface area contributed by atoms with Crippen molar-refractivity contribution < 1.29 is 29.4 Å². The fraction of sp³-hybridized carbons (Fsp3) is 0.600. The van der Waals surface area contributed by atoms with Crippen LogP contribution in [-0.4, -0.2) is 33.8 Å². The molecule has 10 nitrogen and oxygen atoms in total. The molecule has 50 heavy (non-hydrogen) atoms. The molecule has 0 saturated carbocycles. The molecule has 4 amide bonds. The van der Waals surface area contributed by atoms with E-state index >= 15 is 0 Å². The van der Waals surface area contributed by atoms with Crippen LogP contribution in [0.2, 0.25) is 0 Å². The molecule has 0 fully saturated rings. The molecule has 0 spiro atoms. The molecule has 2 rings (SSSR count). The summed E-state index contributed by atoms with van der Waals surface area (Å²) >= 11 is 0. The van der Waals surface area contributed by atoms with Crippen molar-refractivity contribution in [2.45, 2.75) is 150 Å². The number of hydrazine groups is 2. The van der Waals surface area contributed by atoms with Gasteiger partial charge in [0, 0.05) is 0 Å². The van der Waals surface area contributed by atoms with Gasteiger partial charge >= 0.3 is 0 Å². The summed E-state index contributed by atoms with van der Waals surface area (Å²) in [6.07, 6.45) is 15.6. The highest BCUT2D eigenvalue weighted by atomic mass is 16.3. The Hall–Kier alpha value is -4.08. The number of rotatable bonds is 23. The summed E-state index contributed by atoms with van der Waals surface area (Å²) in [6, 6.07) is 9.86. The molecule has 0 bridgehead atoms. The monoisotopic (exact) mass is 694 g/mol. The molecule has 278 valence electrons. The number of carbonyl (C=O) groups excluding carboxylic acids is 4. The summed E-state index contributed by atoms with van der Waals surface area (Å²) in [5, 5.41) is 21.2. The van der Waals surface area contributed by atoms with Crippen molar-refractivity contribution in [1.29, 1.82) is 0 Å². The average Bonchev–Trinajstić information content (AvgIpc) is 3.10. The molecule has 2 aromatic carbocycles. The number of aromatic hydroxyl groups is 2. The zero-order valence-corrected chi connectivity index (χ0v) is 30.9. The van der Waals surface area contributed by atoms with Crippen LogP contribution < -0.4 is 21.7 Å². The molecule has 0 atom stereocenters. The zero-order valence-electron chi connectivity index (χ0n) is 30.9. The third kappa shape index (κ3) is 13.0. The number of carbonyl (C=O) groups is 4. The minimum absolute atomic E-state index is 0.0917. The molecule has 0 unspecified atom stereocenters. The molecule has 0 heterocycles. The van der Waals surface area contributed by atoms with E-state index in [-0.39, 0.29) is 35.5 Å². The lowest BCUT2D eigenvalue weighted by Crippen LogP contribution is -2.58. The fourth-order valence-corrected chi connectivity index (χ4v) is 6.38. The van der Waals surface area contributed by atoms with Gasteiger partial charge < -0.3 is 10.2 Å². The Morgan fingerprint density at radius 3 is 1.30 bits per heavy atom. The first-order valence-corrected chi connectivity index (χ1v) is 19.0. The first-order valence-electron chi connectivity index (χ1n) is 19.0. The second kappa shape index (κ2) is 23.3. The Bertz CT molecular complexity index is 1270. The van der Waals surface area contributed by atoms with E-state index in [1.165, 1.54) is 12.1 Å². The molecule has 6 N–H and O–H groups in total. The topological polar surface area (TPSA) is 157 Å². The third-order valence-electron chi connectivity index (χ3n) is 9.42. The van der Waals surface area contributed by atoms with Crippen molar-refractivity contribution in [3.05, 3.63) is 58.7 Å². The van der Waals surface area contributed by atoms with Crippen LogP contribution in [0.25, 0.3) is 0 Å². The van der Waals surface area contributed by atoms with Gasteiger partial charge in [0.15, 0.2) is 0 Å². The number of hydrogen-bond donors (Lipinski definition) is 6. The standard InChI is InChI=1S/C40H62N4O6/c1-5-9-13-15-17-22-30-24-20-26-32(45)34(30)36(47)41-43-38(49)40(28-12-8-4,29-19-11-7-3)39(50)44-42-37(48)35-31(25-21-27-33(35)46)23-18-16-14-10-6-2/h20-21,24-27,45-46H,5-19,22-23,28-29H2,1-4H3,(H,41,47)(H,42,48)(H,43,49)(H,44,50). The third-order valence-corrected chi connectivity index (χ3v) is 9.42. The van der Waals surface area contributed by atoms with Crippen molar-refractivity contribution in [2.75, 3.05) is 0 Å². The maximum Gasteiger partial charge on any atom is 0.273 e. The maximum absolute atomic E-state index is 14.0. The fourth-order valence-electron chi connectivity index (χ4n) is 6.38. The molecule has 10 heteroatoms. The zero-order chi connectivity index (χ0) is 36.8. The van der Waals surface area contributed by atoms with E-state index in [0.717, 1.165) is 77.0 Å². The van der Waals surface area contributed by atoms with Gasteiger partial charge in [-0.05, 0) is 61.8 Å². The lowest BCUT2D eigenvalue weighted by Gasteiger charge is -2.31. The van der Waals surface area contributed by atoms with Crippen molar-refractivity contribution in [1.82, 2.24) is 21.7 Å². The van der Waals surface area contributed by atoms with Gasteiger partial charge in [0.05, 0.1) is 11.1 Å². The van der Waals surface area contributed by atoms with E-state index in [0.29, 0.717) is 43.2 Å². The summed E-state index contributed by atoms with van der Waals surface area (Å²) in [4.78, 5) is 54.8. The van der Waals surface area contributed by atoms with Crippen LogP contribution in [0.15, 0.2) is 36.4 Å². The summed E-state index contributed by atoms with van der Waals surface area (Å²) in [5.41, 5.74) is 9.83. The highest BCUT2D eigenvalue weighted by Gasteiger charge is 2.45. The summed E-state index contributed by atoms with van der Waals surface area (Å²) in [6.45, 7) is 8.28. The normalized spacial score (nSPS) is 11.2. The predicted octanol–water partition coefficient (Wildman–Crippen LogP) is 8.10. The molecule has 0 aliphatic carbocycles. The van der Waals surface area contributed by atoms with Gasteiger partial charge in [0.25, 0.3) is 23.6 Å². The van der Waals surface area contributed by atoms with Gasteiger partial charge in [-0.1, -0.05) is 135 Å². The Morgan fingerprint density at radius 2 is 0.880 bits per heavy atom. The van der Waals surface area contributed by atoms with E-state index in [1.54, 1.807) is 24.3 Å². The molecule has 2 aromatic rings. The number of nitrogens with one attached hydrogen (secondary N) is 4. The summed E-state index contributed by atoms with van der Waals surface area (Å²) in [5.74, 6) is -3.12. The van der Waals surface area contributed by atoms with Gasteiger partial charge in [-0.25, -0.2) is 0 Å². The van der Waals surface area contributed by atoms with E-state index < -0.39 is 29.0 Å². The molecule has 0 aliphatic heterocycles. The largest absolute Gasteiger partial charge is 0.507 e. The van der Waals surface area contributed by atoms with Crippen LogP contribution in [0, 0.1) is 5.41 Å². The molecule has 0 radical (unpaired) electrons. The Morgan fingerprint density at radius 1 is 0.500 bits per heavy atom. The summed E-state index contributed by atoms with van der Waals surface area (Å²) < 4.78 is 0. The number of aryl methyl sites for hydroxylation is 2. The number of hydrogen-bond acceptors (Lipinski definition) is 6. The van der Waals surface area contributed by atoms with E-state index in [9.17, 15) is 29.4 Å². The Kier molecular flexibility index (Phi) is 19.7. The minimum Gasteiger partial charge on any atom is -0.507 e. The molecular weight excluding hydrogens is 632 g/mol. The number of benzene rings is 2. The Balaban J connectivity index is 2.25. The van der Waals surface area contributed by atoms with Crippen molar-refractivity contribution in [3.8, 4) is 11.5 Å². The molecule has 0 aliphatic rings. The Labute approximate surface area is 299 Å². The molecule has 0 saturated heterocycles. The van der Waals surface area contributed by atoms with E-state index in [1.807, 2.05) is 13.8 Å². The number of unbranched alkanes of at least 4 members (excludes halogenated alkanes) is 11. The van der Waals surface area contributed by atoms with Crippen LogP contribution >= 0.6 is 0 Å². The second-order valence-corrected chi connectivity index (χ2v) is 13.4. The smallest absolute Gasteiger partial charge is 0.273 e. The van der Waals surface area contributed by atoms with Gasteiger partial charge in [-0.15, -0.1) is 0 Å². The van der Waals surface area contributed by atoms with Gasteiger partial charge in [0.1, 0.15) is 16.9 Å². The highest BCUT2D eigenvalue weighted by molar-refractivity contribution is 6.07. The SMILES string of the molecule is CCCCCCCc1cccc(O)c1C(=O)NNC(=O)C(CCCC)(CCCCC)C(=O)NNC(=O)c1c(O)cccc1CCCCCCC. The molecule has 0 aromatic heterocycles. The lowest BCUT2D eigenvalue weighted by molar-refractivity contribution is -0.146. The number of amides is 4. The highest BCUT2D eigenvalue weighted by Crippen LogP contribution is 2.33. The first-order chi connectivity index (χ1) is 24.2. The van der Waals surface area contributed by atoms with Gasteiger partial charge in [-0.2, -0.15) is 0 Å². The molecular formula is C40H62N4O6. The van der Waals surface area contributed by atoms with Crippen LogP contribution in [0.5, 0.6) is 11.5 Å². The number of phenols is 2. The van der Waals surface area contributed by atoms with Crippen LogP contribution in [0.3, 0.4) is 0 Å². The van der Waals surface area contributed by atoms with Gasteiger partial charge in [0.2, 0.25) is 0 Å². The van der Waals surface area contributed by atoms with Crippen LogP contribution in [-0.2, 0) is 22.4 Å². The van der Waals surface area contributed by atoms with Crippen molar-refractivity contribution in [2.24, 2.45) is 5.41 Å². The van der Waals surface area contributed by atoms with Crippen LogP contribution in [0.4, 0.5) is 0 Å². The van der Waals surface area contributed by atoms with E-state index in [4.69, 9.17) is 0 Å². The van der Waals surface area contributed by atoms with Gasteiger partial charge in [-0.3, -0.25) is 40.9 Å².